The lowest BCUT2D eigenvalue weighted by molar-refractivity contribution is 0.0946. The number of aromatic nitrogens is 2. The number of hydrogen-bond donors (Lipinski definition) is 1. The van der Waals surface area contributed by atoms with E-state index in [0.29, 0.717) is 22.9 Å². The molecule has 22 heavy (non-hydrogen) atoms. The molecule has 0 unspecified atom stereocenters. The Bertz CT molecular complexity index is 812. The van der Waals surface area contributed by atoms with Crippen LogP contribution < -0.4 is 10.1 Å². The van der Waals surface area contributed by atoms with Gasteiger partial charge in [-0.05, 0) is 29.8 Å². The Kier molecular flexibility index (Phi) is 3.98. The van der Waals surface area contributed by atoms with Crippen molar-refractivity contribution in [2.75, 3.05) is 7.11 Å². The molecule has 0 fully saturated rings. The van der Waals surface area contributed by atoms with Crippen molar-refractivity contribution in [2.24, 2.45) is 0 Å². The molecule has 0 aliphatic heterocycles. The van der Waals surface area contributed by atoms with Gasteiger partial charge in [0.25, 0.3) is 5.91 Å². The first-order valence-corrected chi connectivity index (χ1v) is 7.09. The van der Waals surface area contributed by atoms with Gasteiger partial charge in [0.1, 0.15) is 17.1 Å². The molecule has 0 spiro atoms. The maximum absolute atomic E-state index is 12.2. The van der Waals surface area contributed by atoms with Crippen LogP contribution >= 0.6 is 11.6 Å². The lowest BCUT2D eigenvalue weighted by Crippen LogP contribution is -2.23. The molecule has 3 aromatic rings. The maximum atomic E-state index is 12.2. The Balaban J connectivity index is 1.69. The molecular weight excluding hydrogens is 302 g/mol. The molecule has 1 N–H and O–H groups in total. The van der Waals surface area contributed by atoms with Gasteiger partial charge < -0.3 is 14.5 Å². The summed E-state index contributed by atoms with van der Waals surface area (Å²) in [4.78, 5) is 16.4. The molecule has 2 heterocycles. The van der Waals surface area contributed by atoms with Gasteiger partial charge in [-0.3, -0.25) is 4.79 Å². The lowest BCUT2D eigenvalue weighted by atomic mass is 10.2. The van der Waals surface area contributed by atoms with E-state index in [2.05, 4.69) is 10.3 Å². The summed E-state index contributed by atoms with van der Waals surface area (Å²) in [5.41, 5.74) is 2.02. The van der Waals surface area contributed by atoms with E-state index in [4.69, 9.17) is 16.3 Å². The highest BCUT2D eigenvalue weighted by molar-refractivity contribution is 6.30. The van der Waals surface area contributed by atoms with E-state index in [1.54, 1.807) is 36.0 Å². The number of ether oxygens (including phenoxy) is 1. The zero-order valence-corrected chi connectivity index (χ0v) is 12.7. The van der Waals surface area contributed by atoms with Crippen molar-refractivity contribution in [1.82, 2.24) is 14.7 Å². The van der Waals surface area contributed by atoms with Gasteiger partial charge in [-0.1, -0.05) is 23.7 Å². The van der Waals surface area contributed by atoms with Crippen molar-refractivity contribution >= 4 is 23.2 Å². The molecule has 6 heteroatoms. The van der Waals surface area contributed by atoms with E-state index in [1.165, 1.54) is 0 Å². The molecule has 0 radical (unpaired) electrons. The number of rotatable bonds is 4. The second-order valence-corrected chi connectivity index (χ2v) is 5.21. The third-order valence-electron chi connectivity index (χ3n) is 3.26. The molecule has 1 aromatic carbocycles. The van der Waals surface area contributed by atoms with Gasteiger partial charge in [0.05, 0.1) is 12.1 Å². The third kappa shape index (κ3) is 3.04. The first kappa shape index (κ1) is 14.4. The molecule has 0 atom stereocenters. The van der Waals surface area contributed by atoms with Crippen LogP contribution in [0, 0.1) is 0 Å². The van der Waals surface area contributed by atoms with Crippen LogP contribution in [0.15, 0.2) is 48.8 Å². The summed E-state index contributed by atoms with van der Waals surface area (Å²) in [6.45, 7) is 0.428. The van der Waals surface area contributed by atoms with E-state index in [0.717, 1.165) is 11.3 Å². The van der Waals surface area contributed by atoms with Crippen LogP contribution in [0.2, 0.25) is 5.02 Å². The number of nitrogens with zero attached hydrogens (tertiary/aromatic N) is 2. The highest BCUT2D eigenvalue weighted by Gasteiger charge is 2.10. The molecule has 0 aliphatic rings. The number of pyridine rings is 1. The van der Waals surface area contributed by atoms with Gasteiger partial charge in [0.2, 0.25) is 0 Å². The SMILES string of the molecule is COc1ccc(CNC(=O)c2cn3cc(Cl)ccc3n2)cc1. The number of amides is 1. The fourth-order valence-corrected chi connectivity index (χ4v) is 2.26. The number of methoxy groups -OCH3 is 1. The summed E-state index contributed by atoms with van der Waals surface area (Å²) < 4.78 is 6.82. The molecule has 0 saturated carbocycles. The summed E-state index contributed by atoms with van der Waals surface area (Å²) in [6, 6.07) is 11.0. The predicted octanol–water partition coefficient (Wildman–Crippen LogP) is 2.93. The standard InChI is InChI=1S/C16H14ClN3O2/c1-22-13-5-2-11(3-6-13)8-18-16(21)14-10-20-9-12(17)4-7-15(20)19-14/h2-7,9-10H,8H2,1H3,(H,18,21). The largest absolute Gasteiger partial charge is 0.497 e. The van der Waals surface area contributed by atoms with E-state index >= 15 is 0 Å². The van der Waals surface area contributed by atoms with E-state index in [1.807, 2.05) is 24.3 Å². The molecule has 0 aliphatic carbocycles. The Hall–Kier alpha value is -2.53. The highest BCUT2D eigenvalue weighted by atomic mass is 35.5. The summed E-state index contributed by atoms with van der Waals surface area (Å²) in [7, 11) is 1.62. The minimum absolute atomic E-state index is 0.226. The number of halogens is 1. The molecule has 112 valence electrons. The van der Waals surface area contributed by atoms with Crippen LogP contribution in [-0.4, -0.2) is 22.4 Å². The Morgan fingerprint density at radius 2 is 2.00 bits per heavy atom. The van der Waals surface area contributed by atoms with Crippen molar-refractivity contribution < 1.29 is 9.53 Å². The van der Waals surface area contributed by atoms with Gasteiger partial charge in [0, 0.05) is 18.9 Å². The van der Waals surface area contributed by atoms with Crippen LogP contribution in [0.4, 0.5) is 0 Å². The van der Waals surface area contributed by atoms with Gasteiger partial charge in [0.15, 0.2) is 0 Å². The summed E-state index contributed by atoms with van der Waals surface area (Å²) in [5.74, 6) is 0.558. The minimum atomic E-state index is -0.226. The summed E-state index contributed by atoms with van der Waals surface area (Å²) >= 11 is 5.91. The average Bonchev–Trinajstić information content (AvgIpc) is 2.96. The van der Waals surface area contributed by atoms with Crippen molar-refractivity contribution in [3.8, 4) is 5.75 Å². The molecule has 0 bridgehead atoms. The van der Waals surface area contributed by atoms with Gasteiger partial charge >= 0.3 is 0 Å². The normalized spacial score (nSPS) is 10.6. The third-order valence-corrected chi connectivity index (χ3v) is 3.48. The highest BCUT2D eigenvalue weighted by Crippen LogP contribution is 2.13. The zero-order chi connectivity index (χ0) is 15.5. The number of hydrogen-bond acceptors (Lipinski definition) is 3. The second kappa shape index (κ2) is 6.07. The van der Waals surface area contributed by atoms with Crippen LogP contribution in [0.5, 0.6) is 5.75 Å². The molecule has 3 rings (SSSR count). The monoisotopic (exact) mass is 315 g/mol. The molecule has 0 saturated heterocycles. The van der Waals surface area contributed by atoms with Crippen molar-refractivity contribution in [3.63, 3.8) is 0 Å². The fourth-order valence-electron chi connectivity index (χ4n) is 2.09. The predicted molar refractivity (Wildman–Crippen MR) is 84.4 cm³/mol. The van der Waals surface area contributed by atoms with Crippen molar-refractivity contribution in [1.29, 1.82) is 0 Å². The van der Waals surface area contributed by atoms with Crippen molar-refractivity contribution in [2.45, 2.75) is 6.54 Å². The van der Waals surface area contributed by atoms with Crippen LogP contribution in [0.25, 0.3) is 5.65 Å². The van der Waals surface area contributed by atoms with Gasteiger partial charge in [-0.2, -0.15) is 0 Å². The van der Waals surface area contributed by atoms with Crippen molar-refractivity contribution in [3.05, 3.63) is 65.1 Å². The first-order valence-electron chi connectivity index (χ1n) is 6.71. The number of fused-ring (bicyclic) bond motifs is 1. The van der Waals surface area contributed by atoms with E-state index < -0.39 is 0 Å². The smallest absolute Gasteiger partial charge is 0.271 e. The lowest BCUT2D eigenvalue weighted by Gasteiger charge is -2.04. The molecule has 2 aromatic heterocycles. The summed E-state index contributed by atoms with van der Waals surface area (Å²) in [6.07, 6.45) is 3.37. The summed E-state index contributed by atoms with van der Waals surface area (Å²) in [5, 5.41) is 3.43. The van der Waals surface area contributed by atoms with Crippen LogP contribution in [0.1, 0.15) is 16.1 Å². The Morgan fingerprint density at radius 1 is 1.23 bits per heavy atom. The number of nitrogens with one attached hydrogen (secondary N) is 1. The van der Waals surface area contributed by atoms with Gasteiger partial charge in [-0.25, -0.2) is 4.98 Å². The molecule has 1 amide bonds. The van der Waals surface area contributed by atoms with Crippen LogP contribution in [0.3, 0.4) is 0 Å². The number of benzene rings is 1. The number of imidazole rings is 1. The average molecular weight is 316 g/mol. The Labute approximate surface area is 132 Å². The second-order valence-electron chi connectivity index (χ2n) is 4.77. The number of carbonyl (C=O) groups excluding carboxylic acids is 1. The quantitative estimate of drug-likeness (QED) is 0.805. The molecule has 5 nitrogen and oxygen atoms in total. The maximum Gasteiger partial charge on any atom is 0.271 e. The Morgan fingerprint density at radius 3 is 2.73 bits per heavy atom. The zero-order valence-electron chi connectivity index (χ0n) is 11.9. The molecular formula is C16H14ClN3O2. The fraction of sp³-hybridized carbons (Fsp3) is 0.125. The van der Waals surface area contributed by atoms with E-state index in [9.17, 15) is 4.79 Å². The first-order chi connectivity index (χ1) is 10.7. The minimum Gasteiger partial charge on any atom is -0.497 e. The topological polar surface area (TPSA) is 55.6 Å². The number of carbonyl (C=O) groups is 1. The van der Waals surface area contributed by atoms with E-state index in [-0.39, 0.29) is 5.91 Å². The van der Waals surface area contributed by atoms with Gasteiger partial charge in [-0.15, -0.1) is 0 Å². The van der Waals surface area contributed by atoms with Crippen LogP contribution in [-0.2, 0) is 6.54 Å².